The van der Waals surface area contributed by atoms with Crippen molar-refractivity contribution in [2.75, 3.05) is 27.8 Å². The number of nitrogens with zero attached hydrogens (tertiary/aromatic N) is 2. The van der Waals surface area contributed by atoms with E-state index in [2.05, 4.69) is 21.3 Å². The Morgan fingerprint density at radius 1 is 1.12 bits per heavy atom. The number of aliphatic imine (C=N–C) groups is 1. The first-order chi connectivity index (χ1) is 12.6. The van der Waals surface area contributed by atoms with Crippen LogP contribution in [0.3, 0.4) is 0 Å². The number of methoxy groups -OCH3 is 2. The topological polar surface area (TPSA) is 46.1 Å². The second-order valence-electron chi connectivity index (χ2n) is 6.17. The Morgan fingerprint density at radius 3 is 2.38 bits per heavy atom. The summed E-state index contributed by atoms with van der Waals surface area (Å²) in [4.78, 5) is 6.60. The average Bonchev–Trinajstić information content (AvgIpc) is 2.68. The van der Waals surface area contributed by atoms with Gasteiger partial charge in [-0.05, 0) is 47.4 Å². The van der Waals surface area contributed by atoms with Gasteiger partial charge in [-0.15, -0.1) is 0 Å². The molecule has 0 spiro atoms. The zero-order valence-electron chi connectivity index (χ0n) is 15.4. The summed E-state index contributed by atoms with van der Waals surface area (Å²) in [5.74, 6) is 2.10. The predicted octanol–water partition coefficient (Wildman–Crippen LogP) is 2.98. The Kier molecular flexibility index (Phi) is 5.61. The number of ether oxygens (including phenoxy) is 2. The van der Waals surface area contributed by atoms with E-state index in [-0.39, 0.29) is 5.82 Å². The molecular formula is C20H24FN3O2. The number of fused-ring (bicyclic) bond motifs is 1. The van der Waals surface area contributed by atoms with E-state index < -0.39 is 0 Å². The fourth-order valence-electron chi connectivity index (χ4n) is 3.18. The summed E-state index contributed by atoms with van der Waals surface area (Å²) < 4.78 is 23.8. The number of hydrogen-bond donors (Lipinski definition) is 1. The molecule has 2 aromatic carbocycles. The van der Waals surface area contributed by atoms with Crippen LogP contribution in [0.1, 0.15) is 16.7 Å². The molecule has 1 aliphatic rings. The second-order valence-corrected chi connectivity index (χ2v) is 6.17. The summed E-state index contributed by atoms with van der Waals surface area (Å²) >= 11 is 0. The third-order valence-corrected chi connectivity index (χ3v) is 4.59. The highest BCUT2D eigenvalue weighted by atomic mass is 19.1. The molecule has 0 radical (unpaired) electrons. The fourth-order valence-corrected chi connectivity index (χ4v) is 3.18. The smallest absolute Gasteiger partial charge is 0.194 e. The summed E-state index contributed by atoms with van der Waals surface area (Å²) in [6.07, 6.45) is 0.910. The first kappa shape index (κ1) is 18.0. The second kappa shape index (κ2) is 8.08. The van der Waals surface area contributed by atoms with Gasteiger partial charge in [-0.2, -0.15) is 0 Å². The Labute approximate surface area is 153 Å². The van der Waals surface area contributed by atoms with Crippen LogP contribution in [-0.4, -0.2) is 38.7 Å². The van der Waals surface area contributed by atoms with Crippen molar-refractivity contribution in [2.45, 2.75) is 19.5 Å². The molecule has 138 valence electrons. The molecule has 1 heterocycles. The minimum atomic E-state index is -0.227. The van der Waals surface area contributed by atoms with Gasteiger partial charge in [0, 0.05) is 26.7 Å². The number of guanidine groups is 1. The van der Waals surface area contributed by atoms with Crippen molar-refractivity contribution >= 4 is 5.96 Å². The van der Waals surface area contributed by atoms with Crippen molar-refractivity contribution < 1.29 is 13.9 Å². The molecule has 3 rings (SSSR count). The standard InChI is InChI=1S/C20H24FN3O2/c1-22-20(23-12-14-4-6-17(21)7-5-14)24-9-8-15-10-18(25-2)19(26-3)11-16(15)13-24/h4-7,10-11H,8-9,12-13H2,1-3H3,(H,22,23). The van der Waals surface area contributed by atoms with Gasteiger partial charge >= 0.3 is 0 Å². The van der Waals surface area contributed by atoms with E-state index in [1.165, 1.54) is 23.3 Å². The number of hydrogen-bond acceptors (Lipinski definition) is 3. The summed E-state index contributed by atoms with van der Waals surface area (Å²) in [7, 11) is 5.08. The van der Waals surface area contributed by atoms with E-state index in [1.807, 2.05) is 6.07 Å². The van der Waals surface area contributed by atoms with Gasteiger partial charge in [0.1, 0.15) is 5.82 Å². The van der Waals surface area contributed by atoms with Crippen LogP contribution in [0.2, 0.25) is 0 Å². The van der Waals surface area contributed by atoms with Gasteiger partial charge in [0.25, 0.3) is 0 Å². The van der Waals surface area contributed by atoms with E-state index in [0.29, 0.717) is 6.54 Å². The zero-order chi connectivity index (χ0) is 18.5. The van der Waals surface area contributed by atoms with Crippen molar-refractivity contribution in [3.05, 3.63) is 58.9 Å². The summed E-state index contributed by atoms with van der Waals surface area (Å²) in [5.41, 5.74) is 3.49. The average molecular weight is 357 g/mol. The van der Waals surface area contributed by atoms with Crippen LogP contribution >= 0.6 is 0 Å². The van der Waals surface area contributed by atoms with E-state index in [9.17, 15) is 4.39 Å². The molecule has 0 aromatic heterocycles. The predicted molar refractivity (Wildman–Crippen MR) is 100 cm³/mol. The van der Waals surface area contributed by atoms with Crippen LogP contribution in [0.15, 0.2) is 41.4 Å². The van der Waals surface area contributed by atoms with Crippen LogP contribution in [0.5, 0.6) is 11.5 Å². The Balaban J connectivity index is 1.70. The van der Waals surface area contributed by atoms with Crippen molar-refractivity contribution in [3.8, 4) is 11.5 Å². The summed E-state index contributed by atoms with van der Waals surface area (Å²) in [5, 5.41) is 3.35. The zero-order valence-corrected chi connectivity index (χ0v) is 15.4. The van der Waals surface area contributed by atoms with Gasteiger partial charge in [-0.25, -0.2) is 4.39 Å². The van der Waals surface area contributed by atoms with Crippen molar-refractivity contribution in [1.29, 1.82) is 0 Å². The summed E-state index contributed by atoms with van der Waals surface area (Å²) in [6, 6.07) is 10.6. The minimum Gasteiger partial charge on any atom is -0.493 e. The molecule has 0 unspecified atom stereocenters. The van der Waals surface area contributed by atoms with Gasteiger partial charge in [0.05, 0.1) is 14.2 Å². The highest BCUT2D eigenvalue weighted by molar-refractivity contribution is 5.80. The molecule has 26 heavy (non-hydrogen) atoms. The van der Waals surface area contributed by atoms with Gasteiger partial charge in [-0.3, -0.25) is 4.99 Å². The van der Waals surface area contributed by atoms with Gasteiger partial charge in [0.2, 0.25) is 0 Å². The van der Waals surface area contributed by atoms with Crippen molar-refractivity contribution in [3.63, 3.8) is 0 Å². The molecule has 0 amide bonds. The first-order valence-electron chi connectivity index (χ1n) is 8.58. The van der Waals surface area contributed by atoms with E-state index >= 15 is 0 Å². The maximum Gasteiger partial charge on any atom is 0.194 e. The van der Waals surface area contributed by atoms with Gasteiger partial charge in [0.15, 0.2) is 17.5 Å². The number of nitrogens with one attached hydrogen (secondary N) is 1. The molecule has 0 fully saturated rings. The van der Waals surface area contributed by atoms with Gasteiger partial charge in [-0.1, -0.05) is 12.1 Å². The SMILES string of the molecule is CN=C(NCc1ccc(F)cc1)N1CCc2cc(OC)c(OC)cc2C1. The lowest BCUT2D eigenvalue weighted by Gasteiger charge is -2.32. The highest BCUT2D eigenvalue weighted by Gasteiger charge is 2.21. The number of halogens is 1. The molecule has 0 saturated carbocycles. The van der Waals surface area contributed by atoms with Crippen LogP contribution in [0.25, 0.3) is 0 Å². The van der Waals surface area contributed by atoms with Gasteiger partial charge < -0.3 is 19.7 Å². The molecule has 2 aromatic rings. The monoisotopic (exact) mass is 357 g/mol. The number of benzene rings is 2. The van der Waals surface area contributed by atoms with E-state index in [4.69, 9.17) is 9.47 Å². The van der Waals surface area contributed by atoms with E-state index in [1.54, 1.807) is 33.4 Å². The van der Waals surface area contributed by atoms with Crippen LogP contribution in [0.4, 0.5) is 4.39 Å². The first-order valence-corrected chi connectivity index (χ1v) is 8.58. The molecule has 0 aliphatic carbocycles. The summed E-state index contributed by atoms with van der Waals surface area (Å²) in [6.45, 7) is 2.21. The Morgan fingerprint density at radius 2 is 1.77 bits per heavy atom. The Bertz CT molecular complexity index is 790. The molecule has 0 atom stereocenters. The molecule has 5 nitrogen and oxygen atoms in total. The third kappa shape index (κ3) is 3.90. The fraction of sp³-hybridized carbons (Fsp3) is 0.350. The molecule has 1 aliphatic heterocycles. The maximum atomic E-state index is 13.0. The van der Waals surface area contributed by atoms with Crippen LogP contribution in [0, 0.1) is 5.82 Å². The van der Waals surface area contributed by atoms with Crippen LogP contribution in [-0.2, 0) is 19.5 Å². The molecule has 1 N–H and O–H groups in total. The highest BCUT2D eigenvalue weighted by Crippen LogP contribution is 2.33. The molecule has 0 bridgehead atoms. The molecule has 0 saturated heterocycles. The maximum absolute atomic E-state index is 13.0. The normalized spacial score (nSPS) is 14.0. The largest absolute Gasteiger partial charge is 0.493 e. The molecule has 6 heteroatoms. The lowest BCUT2D eigenvalue weighted by atomic mass is 9.99. The number of rotatable bonds is 4. The van der Waals surface area contributed by atoms with E-state index in [0.717, 1.165) is 42.5 Å². The molecular weight excluding hydrogens is 333 g/mol. The van der Waals surface area contributed by atoms with Crippen molar-refractivity contribution in [2.24, 2.45) is 4.99 Å². The third-order valence-electron chi connectivity index (χ3n) is 4.59. The minimum absolute atomic E-state index is 0.227. The van der Waals surface area contributed by atoms with Crippen molar-refractivity contribution in [1.82, 2.24) is 10.2 Å². The lowest BCUT2D eigenvalue weighted by molar-refractivity contribution is 0.346. The quantitative estimate of drug-likeness (QED) is 0.675. The lowest BCUT2D eigenvalue weighted by Crippen LogP contribution is -2.43. The van der Waals surface area contributed by atoms with Crippen LogP contribution < -0.4 is 14.8 Å². The Hall–Kier alpha value is -2.76.